The van der Waals surface area contributed by atoms with Crippen molar-refractivity contribution in [1.29, 1.82) is 0 Å². The molecule has 1 aromatic heterocycles. The van der Waals surface area contributed by atoms with E-state index in [1.807, 2.05) is 18.8 Å². The first-order valence-electron chi connectivity index (χ1n) is 8.61. The van der Waals surface area contributed by atoms with E-state index >= 15 is 0 Å². The molecular formula is C17H31N5O2. The van der Waals surface area contributed by atoms with Gasteiger partial charge in [-0.25, -0.2) is 0 Å². The van der Waals surface area contributed by atoms with E-state index in [9.17, 15) is 5.11 Å². The third-order valence-electron chi connectivity index (χ3n) is 4.30. The molecule has 0 aliphatic carbocycles. The van der Waals surface area contributed by atoms with Crippen LogP contribution in [0.4, 0.5) is 0 Å². The Labute approximate surface area is 144 Å². The lowest BCUT2D eigenvalue weighted by Gasteiger charge is -2.38. The van der Waals surface area contributed by atoms with Crippen LogP contribution in [0, 0.1) is 5.41 Å². The van der Waals surface area contributed by atoms with E-state index in [1.165, 1.54) is 5.56 Å². The van der Waals surface area contributed by atoms with Crippen molar-refractivity contribution in [3.05, 3.63) is 17.5 Å². The molecule has 1 fully saturated rings. The van der Waals surface area contributed by atoms with Gasteiger partial charge in [-0.3, -0.25) is 9.67 Å². The van der Waals surface area contributed by atoms with Gasteiger partial charge in [0.25, 0.3) is 0 Å². The Balaban J connectivity index is 2.10. The van der Waals surface area contributed by atoms with Gasteiger partial charge in [-0.15, -0.1) is 0 Å². The Morgan fingerprint density at radius 1 is 1.54 bits per heavy atom. The minimum Gasteiger partial charge on any atom is -0.396 e. The van der Waals surface area contributed by atoms with Gasteiger partial charge in [0.15, 0.2) is 5.96 Å². The first-order chi connectivity index (χ1) is 11.4. The van der Waals surface area contributed by atoms with Crippen molar-refractivity contribution in [2.45, 2.75) is 33.2 Å². The molecule has 1 saturated heterocycles. The van der Waals surface area contributed by atoms with Crippen LogP contribution < -0.4 is 5.32 Å². The van der Waals surface area contributed by atoms with Gasteiger partial charge in [-0.1, -0.05) is 13.8 Å². The van der Waals surface area contributed by atoms with Gasteiger partial charge in [0.05, 0.1) is 37.5 Å². The Bertz CT molecular complexity index is 558. The first-order valence-corrected chi connectivity index (χ1v) is 8.61. The molecule has 0 bridgehead atoms. The first kappa shape index (κ1) is 18.7. The van der Waals surface area contributed by atoms with Gasteiger partial charge >= 0.3 is 0 Å². The zero-order chi connectivity index (χ0) is 17.7. The van der Waals surface area contributed by atoms with E-state index in [2.05, 4.69) is 42.3 Å². The maximum absolute atomic E-state index is 9.56. The third kappa shape index (κ3) is 4.27. The monoisotopic (exact) mass is 337 g/mol. The quantitative estimate of drug-likeness (QED) is 0.572. The van der Waals surface area contributed by atoms with Crippen LogP contribution in [0.5, 0.6) is 0 Å². The van der Waals surface area contributed by atoms with Crippen molar-refractivity contribution in [3.63, 3.8) is 0 Å². The van der Waals surface area contributed by atoms with E-state index in [0.29, 0.717) is 25.7 Å². The smallest absolute Gasteiger partial charge is 0.193 e. The summed E-state index contributed by atoms with van der Waals surface area (Å²) < 4.78 is 7.12. The van der Waals surface area contributed by atoms with Gasteiger partial charge in [0.1, 0.15) is 0 Å². The summed E-state index contributed by atoms with van der Waals surface area (Å²) in [6.45, 7) is 9.76. The summed E-state index contributed by atoms with van der Waals surface area (Å²) in [5.74, 6) is 1.23. The fourth-order valence-corrected chi connectivity index (χ4v) is 2.83. The van der Waals surface area contributed by atoms with E-state index in [-0.39, 0.29) is 12.0 Å². The summed E-state index contributed by atoms with van der Waals surface area (Å²) in [7, 11) is 3.98. The fourth-order valence-electron chi connectivity index (χ4n) is 2.83. The standard InChI is InChI=1S/C17H31N5O2/c1-6-18-16(19-9-17(10-23)11-24-12-17)21(4)7-14-8-22(5)20-15(14)13(2)3/h8,13,23H,6-7,9-12H2,1-5H3,(H,18,19). The number of nitrogens with zero attached hydrogens (tertiary/aromatic N) is 4. The summed E-state index contributed by atoms with van der Waals surface area (Å²) >= 11 is 0. The normalized spacial score (nSPS) is 17.0. The van der Waals surface area contributed by atoms with Gasteiger partial charge in [0, 0.05) is 38.9 Å². The Morgan fingerprint density at radius 3 is 2.75 bits per heavy atom. The van der Waals surface area contributed by atoms with Crippen LogP contribution in [-0.2, 0) is 18.3 Å². The summed E-state index contributed by atoms with van der Waals surface area (Å²) in [4.78, 5) is 6.83. The van der Waals surface area contributed by atoms with Crippen molar-refractivity contribution in [3.8, 4) is 0 Å². The number of hydrogen-bond donors (Lipinski definition) is 2. The number of aliphatic imine (C=N–C) groups is 1. The molecule has 2 rings (SSSR count). The van der Waals surface area contributed by atoms with Crippen LogP contribution in [0.15, 0.2) is 11.2 Å². The van der Waals surface area contributed by atoms with Crippen LogP contribution in [0.3, 0.4) is 0 Å². The Kier molecular flexibility index (Phi) is 6.23. The molecule has 1 aliphatic rings. The second-order valence-corrected chi connectivity index (χ2v) is 7.05. The number of rotatable bonds is 7. The highest BCUT2D eigenvalue weighted by Crippen LogP contribution is 2.27. The Hall–Kier alpha value is -1.60. The molecule has 0 amide bonds. The number of aliphatic hydroxyl groups is 1. The number of nitrogens with one attached hydrogen (secondary N) is 1. The SMILES string of the molecule is CCNC(=NCC1(CO)COC1)N(C)Cc1cn(C)nc1C(C)C. The van der Waals surface area contributed by atoms with Gasteiger partial charge in [-0.05, 0) is 12.8 Å². The predicted molar refractivity (Wildman–Crippen MR) is 95.1 cm³/mol. The highest BCUT2D eigenvalue weighted by molar-refractivity contribution is 5.79. The number of hydrogen-bond acceptors (Lipinski definition) is 4. The van der Waals surface area contributed by atoms with Crippen LogP contribution in [0.1, 0.15) is 37.9 Å². The van der Waals surface area contributed by atoms with Crippen LogP contribution in [0.2, 0.25) is 0 Å². The minimum absolute atomic E-state index is 0.111. The van der Waals surface area contributed by atoms with E-state index in [0.717, 1.165) is 24.7 Å². The highest BCUT2D eigenvalue weighted by atomic mass is 16.5. The summed E-state index contributed by atoms with van der Waals surface area (Å²) in [6.07, 6.45) is 2.07. The summed E-state index contributed by atoms with van der Waals surface area (Å²) in [5.41, 5.74) is 2.13. The predicted octanol–water partition coefficient (Wildman–Crippen LogP) is 0.950. The molecule has 1 aliphatic heterocycles. The largest absolute Gasteiger partial charge is 0.396 e. The van der Waals surface area contributed by atoms with Crippen molar-refractivity contribution in [2.75, 3.05) is 40.0 Å². The molecule has 2 heterocycles. The number of aryl methyl sites for hydroxylation is 1. The second kappa shape index (κ2) is 7.98. The maximum Gasteiger partial charge on any atom is 0.193 e. The van der Waals surface area contributed by atoms with Gasteiger partial charge in [0.2, 0.25) is 0 Å². The molecule has 0 radical (unpaired) electrons. The molecule has 2 N–H and O–H groups in total. The molecule has 1 aromatic rings. The van der Waals surface area contributed by atoms with E-state index < -0.39 is 0 Å². The van der Waals surface area contributed by atoms with E-state index in [1.54, 1.807) is 0 Å². The number of guanidine groups is 1. The van der Waals surface area contributed by atoms with Crippen molar-refractivity contribution in [2.24, 2.45) is 17.5 Å². The van der Waals surface area contributed by atoms with Crippen LogP contribution >= 0.6 is 0 Å². The molecular weight excluding hydrogens is 306 g/mol. The molecule has 136 valence electrons. The van der Waals surface area contributed by atoms with Gasteiger partial charge < -0.3 is 20.1 Å². The molecule has 0 spiro atoms. The van der Waals surface area contributed by atoms with Crippen LogP contribution in [-0.4, -0.2) is 65.7 Å². The fraction of sp³-hybridized carbons (Fsp3) is 0.765. The van der Waals surface area contributed by atoms with Crippen molar-refractivity contribution < 1.29 is 9.84 Å². The second-order valence-electron chi connectivity index (χ2n) is 7.05. The molecule has 7 nitrogen and oxygen atoms in total. The van der Waals surface area contributed by atoms with Crippen molar-refractivity contribution >= 4 is 5.96 Å². The lowest BCUT2D eigenvalue weighted by molar-refractivity contribution is -0.130. The molecule has 0 unspecified atom stereocenters. The van der Waals surface area contributed by atoms with Crippen molar-refractivity contribution in [1.82, 2.24) is 20.0 Å². The maximum atomic E-state index is 9.56. The third-order valence-corrected chi connectivity index (χ3v) is 4.30. The van der Waals surface area contributed by atoms with Crippen LogP contribution in [0.25, 0.3) is 0 Å². The number of aromatic nitrogens is 2. The topological polar surface area (TPSA) is 74.9 Å². The number of ether oxygens (including phenoxy) is 1. The zero-order valence-corrected chi connectivity index (χ0v) is 15.5. The average Bonchev–Trinajstić information content (AvgIpc) is 2.86. The zero-order valence-electron chi connectivity index (χ0n) is 15.5. The molecule has 0 atom stereocenters. The Morgan fingerprint density at radius 2 is 2.25 bits per heavy atom. The van der Waals surface area contributed by atoms with E-state index in [4.69, 9.17) is 9.73 Å². The summed E-state index contributed by atoms with van der Waals surface area (Å²) in [5, 5.41) is 17.5. The number of aliphatic hydroxyl groups excluding tert-OH is 1. The van der Waals surface area contributed by atoms with Gasteiger partial charge in [-0.2, -0.15) is 5.10 Å². The molecule has 24 heavy (non-hydrogen) atoms. The average molecular weight is 337 g/mol. The lowest BCUT2D eigenvalue weighted by atomic mass is 9.87. The lowest BCUT2D eigenvalue weighted by Crippen LogP contribution is -2.49. The highest BCUT2D eigenvalue weighted by Gasteiger charge is 2.38. The molecule has 7 heteroatoms. The molecule has 0 saturated carbocycles. The molecule has 0 aromatic carbocycles. The minimum atomic E-state index is -0.209. The summed E-state index contributed by atoms with van der Waals surface area (Å²) in [6, 6.07) is 0.